The summed E-state index contributed by atoms with van der Waals surface area (Å²) in [7, 11) is 0. The Kier molecular flexibility index (Phi) is 5.68. The lowest BCUT2D eigenvalue weighted by molar-refractivity contribution is -0.123. The number of nitrogens with one attached hydrogen (secondary N) is 1. The standard InChI is InChI=1S/C16H30N2O/c1-3-10-18(11-14-8-9-14)12-16(19)17-15-7-5-4-6-13(15)2/h13-15H,3-12H2,1-2H3,(H,17,19). The predicted molar refractivity (Wildman–Crippen MR) is 79.0 cm³/mol. The Morgan fingerprint density at radius 2 is 1.95 bits per heavy atom. The van der Waals surface area contributed by atoms with Crippen molar-refractivity contribution in [3.05, 3.63) is 0 Å². The van der Waals surface area contributed by atoms with E-state index >= 15 is 0 Å². The fourth-order valence-electron chi connectivity index (χ4n) is 3.20. The summed E-state index contributed by atoms with van der Waals surface area (Å²) in [4.78, 5) is 14.5. The van der Waals surface area contributed by atoms with Gasteiger partial charge in [0, 0.05) is 12.6 Å². The molecule has 19 heavy (non-hydrogen) atoms. The topological polar surface area (TPSA) is 32.3 Å². The van der Waals surface area contributed by atoms with Gasteiger partial charge in [0.05, 0.1) is 6.54 Å². The third-order valence-electron chi connectivity index (χ3n) is 4.58. The van der Waals surface area contributed by atoms with Gasteiger partial charge in [-0.2, -0.15) is 0 Å². The van der Waals surface area contributed by atoms with Crippen molar-refractivity contribution in [2.75, 3.05) is 19.6 Å². The molecule has 1 amide bonds. The van der Waals surface area contributed by atoms with E-state index in [9.17, 15) is 4.79 Å². The summed E-state index contributed by atoms with van der Waals surface area (Å²) in [5.41, 5.74) is 0. The van der Waals surface area contributed by atoms with Crippen molar-refractivity contribution in [2.45, 2.75) is 64.8 Å². The maximum Gasteiger partial charge on any atom is 0.234 e. The molecule has 2 saturated carbocycles. The Balaban J connectivity index is 1.73. The lowest BCUT2D eigenvalue weighted by atomic mass is 9.86. The van der Waals surface area contributed by atoms with Gasteiger partial charge in [0.1, 0.15) is 0 Å². The van der Waals surface area contributed by atoms with Gasteiger partial charge in [-0.05, 0) is 50.5 Å². The van der Waals surface area contributed by atoms with E-state index in [1.54, 1.807) is 0 Å². The van der Waals surface area contributed by atoms with E-state index in [2.05, 4.69) is 24.1 Å². The van der Waals surface area contributed by atoms with Crippen LogP contribution in [-0.4, -0.2) is 36.5 Å². The van der Waals surface area contributed by atoms with Gasteiger partial charge in [-0.15, -0.1) is 0 Å². The molecule has 0 radical (unpaired) electrons. The van der Waals surface area contributed by atoms with Crippen molar-refractivity contribution in [1.29, 1.82) is 0 Å². The Morgan fingerprint density at radius 3 is 2.58 bits per heavy atom. The summed E-state index contributed by atoms with van der Waals surface area (Å²) in [5, 5.41) is 3.27. The average molecular weight is 266 g/mol. The minimum Gasteiger partial charge on any atom is -0.352 e. The summed E-state index contributed by atoms with van der Waals surface area (Å²) < 4.78 is 0. The monoisotopic (exact) mass is 266 g/mol. The lowest BCUT2D eigenvalue weighted by Gasteiger charge is -2.30. The SMILES string of the molecule is CCCN(CC(=O)NC1CCCCC1C)CC1CC1. The molecule has 2 aliphatic carbocycles. The molecule has 0 spiro atoms. The van der Waals surface area contributed by atoms with Crippen molar-refractivity contribution < 1.29 is 4.79 Å². The molecular weight excluding hydrogens is 236 g/mol. The van der Waals surface area contributed by atoms with Crippen LogP contribution in [0.25, 0.3) is 0 Å². The van der Waals surface area contributed by atoms with Crippen LogP contribution in [0.15, 0.2) is 0 Å². The molecule has 0 aromatic heterocycles. The fraction of sp³-hybridized carbons (Fsp3) is 0.938. The second-order valence-electron chi connectivity index (χ2n) is 6.61. The molecule has 2 fully saturated rings. The highest BCUT2D eigenvalue weighted by Gasteiger charge is 2.26. The number of amides is 1. The third-order valence-corrected chi connectivity index (χ3v) is 4.58. The second kappa shape index (κ2) is 7.28. The van der Waals surface area contributed by atoms with Crippen LogP contribution in [0.3, 0.4) is 0 Å². The van der Waals surface area contributed by atoms with Gasteiger partial charge >= 0.3 is 0 Å². The largest absolute Gasteiger partial charge is 0.352 e. The molecule has 2 rings (SSSR count). The molecule has 0 saturated heterocycles. The summed E-state index contributed by atoms with van der Waals surface area (Å²) in [6.07, 6.45) is 8.91. The van der Waals surface area contributed by atoms with Gasteiger partial charge in [0.25, 0.3) is 0 Å². The molecule has 3 heteroatoms. The second-order valence-corrected chi connectivity index (χ2v) is 6.61. The molecule has 0 aliphatic heterocycles. The fourth-order valence-corrected chi connectivity index (χ4v) is 3.20. The van der Waals surface area contributed by atoms with E-state index in [1.807, 2.05) is 0 Å². The molecule has 3 nitrogen and oxygen atoms in total. The summed E-state index contributed by atoms with van der Waals surface area (Å²) >= 11 is 0. The van der Waals surface area contributed by atoms with Gasteiger partial charge in [0.2, 0.25) is 5.91 Å². The smallest absolute Gasteiger partial charge is 0.234 e. The zero-order valence-corrected chi connectivity index (χ0v) is 12.7. The van der Waals surface area contributed by atoms with Crippen molar-refractivity contribution in [1.82, 2.24) is 10.2 Å². The van der Waals surface area contributed by atoms with E-state index in [0.717, 1.165) is 25.4 Å². The van der Waals surface area contributed by atoms with Crippen molar-refractivity contribution in [2.24, 2.45) is 11.8 Å². The Bertz CT molecular complexity index is 288. The number of hydrogen-bond donors (Lipinski definition) is 1. The first-order chi connectivity index (χ1) is 9.19. The maximum atomic E-state index is 12.2. The molecule has 0 bridgehead atoms. The quantitative estimate of drug-likeness (QED) is 0.768. The van der Waals surface area contributed by atoms with Gasteiger partial charge < -0.3 is 5.32 Å². The number of carbonyl (C=O) groups is 1. The van der Waals surface area contributed by atoms with Crippen LogP contribution < -0.4 is 5.32 Å². The predicted octanol–water partition coefficient (Wildman–Crippen LogP) is 2.80. The Labute approximate surface area is 118 Å². The Morgan fingerprint density at radius 1 is 1.21 bits per heavy atom. The molecule has 0 heterocycles. The van der Waals surface area contributed by atoms with Crippen LogP contribution in [0.2, 0.25) is 0 Å². The summed E-state index contributed by atoms with van der Waals surface area (Å²) in [6, 6.07) is 0.422. The zero-order valence-electron chi connectivity index (χ0n) is 12.7. The van der Waals surface area contributed by atoms with Gasteiger partial charge in [-0.1, -0.05) is 26.7 Å². The van der Waals surface area contributed by atoms with E-state index < -0.39 is 0 Å². The summed E-state index contributed by atoms with van der Waals surface area (Å²) in [6.45, 7) is 7.26. The average Bonchev–Trinajstić information content (AvgIpc) is 3.16. The highest BCUT2D eigenvalue weighted by atomic mass is 16.2. The minimum atomic E-state index is 0.243. The number of hydrogen-bond acceptors (Lipinski definition) is 2. The van der Waals surface area contributed by atoms with Crippen LogP contribution >= 0.6 is 0 Å². The van der Waals surface area contributed by atoms with Crippen molar-refractivity contribution >= 4 is 5.91 Å². The van der Waals surface area contributed by atoms with Crippen molar-refractivity contribution in [3.63, 3.8) is 0 Å². The number of nitrogens with zero attached hydrogens (tertiary/aromatic N) is 1. The molecule has 110 valence electrons. The molecule has 2 atom stereocenters. The lowest BCUT2D eigenvalue weighted by Crippen LogP contribution is -2.46. The first-order valence-electron chi connectivity index (χ1n) is 8.20. The highest BCUT2D eigenvalue weighted by molar-refractivity contribution is 5.78. The van der Waals surface area contributed by atoms with Gasteiger partial charge in [0.15, 0.2) is 0 Å². The summed E-state index contributed by atoms with van der Waals surface area (Å²) in [5.74, 6) is 1.77. The maximum absolute atomic E-state index is 12.2. The van der Waals surface area contributed by atoms with Crippen LogP contribution in [0.4, 0.5) is 0 Å². The van der Waals surface area contributed by atoms with E-state index in [-0.39, 0.29) is 5.91 Å². The van der Waals surface area contributed by atoms with Crippen LogP contribution in [0.5, 0.6) is 0 Å². The van der Waals surface area contributed by atoms with Crippen LogP contribution in [0.1, 0.15) is 58.8 Å². The third kappa shape index (κ3) is 5.13. The molecule has 2 unspecified atom stereocenters. The molecule has 0 aromatic rings. The number of carbonyl (C=O) groups excluding carboxylic acids is 1. The van der Waals surface area contributed by atoms with Crippen molar-refractivity contribution in [3.8, 4) is 0 Å². The van der Waals surface area contributed by atoms with Gasteiger partial charge in [-0.25, -0.2) is 0 Å². The molecular formula is C16H30N2O. The molecule has 2 aliphatic rings. The molecule has 0 aromatic carbocycles. The van der Waals surface area contributed by atoms with E-state index in [1.165, 1.54) is 38.5 Å². The highest BCUT2D eigenvalue weighted by Crippen LogP contribution is 2.29. The number of rotatable bonds is 7. The van der Waals surface area contributed by atoms with Gasteiger partial charge in [-0.3, -0.25) is 9.69 Å². The minimum absolute atomic E-state index is 0.243. The van der Waals surface area contributed by atoms with E-state index in [0.29, 0.717) is 18.5 Å². The Hall–Kier alpha value is -0.570. The van der Waals surface area contributed by atoms with E-state index in [4.69, 9.17) is 0 Å². The van der Waals surface area contributed by atoms with Crippen LogP contribution in [-0.2, 0) is 4.79 Å². The normalized spacial score (nSPS) is 27.5. The first kappa shape index (κ1) is 14.8. The molecule has 1 N–H and O–H groups in total. The first-order valence-corrected chi connectivity index (χ1v) is 8.20. The van der Waals surface area contributed by atoms with Crippen LogP contribution in [0, 0.1) is 11.8 Å². The zero-order chi connectivity index (χ0) is 13.7.